The first-order valence-corrected chi connectivity index (χ1v) is 7.39. The molecular formula is C15H19ClF3N. The number of alkyl halides is 3. The predicted octanol–water partition coefficient (Wildman–Crippen LogP) is 5.74. The predicted molar refractivity (Wildman–Crippen MR) is 76.1 cm³/mol. The van der Waals surface area contributed by atoms with Gasteiger partial charge in [-0.15, -0.1) is 0 Å². The van der Waals surface area contributed by atoms with Gasteiger partial charge in [-0.05, 0) is 43.9 Å². The molecule has 5 heteroatoms. The maximum Gasteiger partial charge on any atom is 0.416 e. The Bertz CT molecular complexity index is 453. The third-order valence-electron chi connectivity index (χ3n) is 4.03. The highest BCUT2D eigenvalue weighted by atomic mass is 35.5. The average molecular weight is 306 g/mol. The molecule has 1 aliphatic carbocycles. The van der Waals surface area contributed by atoms with E-state index in [1.165, 1.54) is 25.3 Å². The summed E-state index contributed by atoms with van der Waals surface area (Å²) in [5.74, 6) is 0.509. The van der Waals surface area contributed by atoms with Gasteiger partial charge < -0.3 is 5.32 Å². The minimum atomic E-state index is -4.34. The summed E-state index contributed by atoms with van der Waals surface area (Å²) in [4.78, 5) is 0. The van der Waals surface area contributed by atoms with Crippen LogP contribution < -0.4 is 5.32 Å². The first kappa shape index (κ1) is 15.5. The maximum absolute atomic E-state index is 12.7. The van der Waals surface area contributed by atoms with Gasteiger partial charge in [0.25, 0.3) is 0 Å². The Hall–Kier alpha value is -0.900. The second-order valence-corrected chi connectivity index (χ2v) is 5.93. The zero-order chi connectivity index (χ0) is 14.8. The molecule has 1 unspecified atom stereocenters. The highest BCUT2D eigenvalue weighted by molar-refractivity contribution is 6.33. The number of nitrogens with one attached hydrogen (secondary N) is 1. The topological polar surface area (TPSA) is 12.0 Å². The Kier molecular flexibility index (Phi) is 4.84. The van der Waals surface area contributed by atoms with Crippen molar-refractivity contribution in [3.63, 3.8) is 0 Å². The van der Waals surface area contributed by atoms with Gasteiger partial charge in [-0.1, -0.05) is 30.9 Å². The number of hydrogen-bond donors (Lipinski definition) is 1. The Morgan fingerprint density at radius 2 is 1.85 bits per heavy atom. The van der Waals surface area contributed by atoms with Crippen LogP contribution in [-0.2, 0) is 6.18 Å². The highest BCUT2D eigenvalue weighted by Gasteiger charge is 2.31. The highest BCUT2D eigenvalue weighted by Crippen LogP contribution is 2.35. The van der Waals surface area contributed by atoms with Crippen LogP contribution in [0.25, 0.3) is 0 Å². The maximum atomic E-state index is 12.7. The third-order valence-corrected chi connectivity index (χ3v) is 4.36. The van der Waals surface area contributed by atoms with E-state index in [2.05, 4.69) is 5.32 Å². The van der Waals surface area contributed by atoms with E-state index in [1.54, 1.807) is 0 Å². The minimum Gasteiger partial charge on any atom is -0.381 e. The Morgan fingerprint density at radius 1 is 1.20 bits per heavy atom. The molecule has 0 aromatic heterocycles. The van der Waals surface area contributed by atoms with Crippen molar-refractivity contribution in [2.75, 3.05) is 5.32 Å². The summed E-state index contributed by atoms with van der Waals surface area (Å²) in [6, 6.07) is 3.55. The number of halogens is 4. The smallest absolute Gasteiger partial charge is 0.381 e. The normalized spacial score (nSPS) is 18.9. The van der Waals surface area contributed by atoms with Gasteiger partial charge in [-0.2, -0.15) is 13.2 Å². The van der Waals surface area contributed by atoms with Gasteiger partial charge in [0.1, 0.15) is 0 Å². The Morgan fingerprint density at radius 3 is 2.45 bits per heavy atom. The first-order valence-electron chi connectivity index (χ1n) is 7.01. The molecule has 1 nitrogen and oxygen atoms in total. The van der Waals surface area contributed by atoms with Crippen LogP contribution >= 0.6 is 11.6 Å². The summed E-state index contributed by atoms with van der Waals surface area (Å²) < 4.78 is 38.2. The minimum absolute atomic E-state index is 0.135. The third kappa shape index (κ3) is 3.81. The summed E-state index contributed by atoms with van der Waals surface area (Å²) in [5, 5.41) is 3.49. The van der Waals surface area contributed by atoms with Gasteiger partial charge in [0.2, 0.25) is 0 Å². The van der Waals surface area contributed by atoms with Gasteiger partial charge in [0.05, 0.1) is 16.3 Å². The summed E-state index contributed by atoms with van der Waals surface area (Å²) in [6.45, 7) is 2.02. The molecular weight excluding hydrogens is 287 g/mol. The van der Waals surface area contributed by atoms with E-state index < -0.39 is 11.7 Å². The van der Waals surface area contributed by atoms with Gasteiger partial charge in [-0.25, -0.2) is 0 Å². The molecule has 0 amide bonds. The molecule has 2 rings (SSSR count). The van der Waals surface area contributed by atoms with Crippen molar-refractivity contribution in [3.8, 4) is 0 Å². The van der Waals surface area contributed by atoms with E-state index in [0.717, 1.165) is 25.0 Å². The molecule has 0 saturated heterocycles. The number of hydrogen-bond acceptors (Lipinski definition) is 1. The van der Waals surface area contributed by atoms with E-state index in [0.29, 0.717) is 16.6 Å². The van der Waals surface area contributed by atoms with E-state index in [-0.39, 0.29) is 6.04 Å². The van der Waals surface area contributed by atoms with Crippen molar-refractivity contribution in [1.82, 2.24) is 0 Å². The number of benzene rings is 1. The lowest BCUT2D eigenvalue weighted by atomic mass is 9.84. The van der Waals surface area contributed by atoms with Crippen molar-refractivity contribution in [3.05, 3.63) is 28.8 Å². The SMILES string of the molecule is CC(Nc1cc(C(F)(F)F)ccc1Cl)C1CCCCC1. The zero-order valence-corrected chi connectivity index (χ0v) is 12.2. The van der Waals surface area contributed by atoms with Crippen LogP contribution in [0.3, 0.4) is 0 Å². The number of rotatable bonds is 3. The average Bonchev–Trinajstić information content (AvgIpc) is 2.41. The van der Waals surface area contributed by atoms with Crippen LogP contribution in [0.15, 0.2) is 18.2 Å². The Labute approximate surface area is 122 Å². The molecule has 1 fully saturated rings. The lowest BCUT2D eigenvalue weighted by Gasteiger charge is -2.29. The molecule has 1 aliphatic rings. The van der Waals surface area contributed by atoms with Crippen molar-refractivity contribution in [1.29, 1.82) is 0 Å². The second kappa shape index (κ2) is 6.25. The van der Waals surface area contributed by atoms with Crippen molar-refractivity contribution < 1.29 is 13.2 Å². The molecule has 20 heavy (non-hydrogen) atoms. The summed E-state index contributed by atoms with van der Waals surface area (Å²) in [7, 11) is 0. The lowest BCUT2D eigenvalue weighted by Crippen LogP contribution is -2.27. The van der Waals surface area contributed by atoms with E-state index in [9.17, 15) is 13.2 Å². The van der Waals surface area contributed by atoms with Crippen LogP contribution in [0, 0.1) is 5.92 Å². The first-order chi connectivity index (χ1) is 9.38. The molecule has 1 saturated carbocycles. The van der Waals surface area contributed by atoms with Crippen LogP contribution in [0.5, 0.6) is 0 Å². The summed E-state index contributed by atoms with van der Waals surface area (Å²) >= 11 is 6.00. The summed E-state index contributed by atoms with van der Waals surface area (Å²) in [6.07, 6.45) is 1.58. The molecule has 0 aliphatic heterocycles. The molecule has 1 aromatic rings. The molecule has 0 heterocycles. The van der Waals surface area contributed by atoms with Gasteiger partial charge >= 0.3 is 6.18 Å². The molecule has 0 bridgehead atoms. The molecule has 1 aromatic carbocycles. The monoisotopic (exact) mass is 305 g/mol. The van der Waals surface area contributed by atoms with E-state index in [1.807, 2.05) is 6.92 Å². The fourth-order valence-corrected chi connectivity index (χ4v) is 2.98. The quantitative estimate of drug-likeness (QED) is 0.751. The van der Waals surface area contributed by atoms with Gasteiger partial charge in [0, 0.05) is 6.04 Å². The Balaban J connectivity index is 2.11. The van der Waals surface area contributed by atoms with Crippen LogP contribution in [0.1, 0.15) is 44.6 Å². The van der Waals surface area contributed by atoms with Gasteiger partial charge in [-0.3, -0.25) is 0 Å². The summed E-state index contributed by atoms with van der Waals surface area (Å²) in [5.41, 5.74) is -0.292. The van der Waals surface area contributed by atoms with Crippen molar-refractivity contribution >= 4 is 17.3 Å². The van der Waals surface area contributed by atoms with E-state index >= 15 is 0 Å². The van der Waals surface area contributed by atoms with Crippen LogP contribution in [0.2, 0.25) is 5.02 Å². The second-order valence-electron chi connectivity index (χ2n) is 5.52. The van der Waals surface area contributed by atoms with Crippen LogP contribution in [0.4, 0.5) is 18.9 Å². The molecule has 1 atom stereocenters. The fraction of sp³-hybridized carbons (Fsp3) is 0.600. The zero-order valence-electron chi connectivity index (χ0n) is 11.4. The molecule has 1 N–H and O–H groups in total. The fourth-order valence-electron chi connectivity index (χ4n) is 2.81. The standard InChI is InChI=1S/C15H19ClF3N/c1-10(11-5-3-2-4-6-11)20-14-9-12(15(17,18)19)7-8-13(14)16/h7-11,20H,2-6H2,1H3. The molecule has 112 valence electrons. The van der Waals surface area contributed by atoms with Crippen molar-refractivity contribution in [2.45, 2.75) is 51.2 Å². The number of anilines is 1. The molecule has 0 spiro atoms. The molecule has 0 radical (unpaired) electrons. The van der Waals surface area contributed by atoms with E-state index in [4.69, 9.17) is 11.6 Å². The lowest BCUT2D eigenvalue weighted by molar-refractivity contribution is -0.137. The van der Waals surface area contributed by atoms with Crippen LogP contribution in [-0.4, -0.2) is 6.04 Å². The largest absolute Gasteiger partial charge is 0.416 e. The van der Waals surface area contributed by atoms with Gasteiger partial charge in [0.15, 0.2) is 0 Å². The van der Waals surface area contributed by atoms with Crippen molar-refractivity contribution in [2.24, 2.45) is 5.92 Å².